The van der Waals surface area contributed by atoms with Crippen LogP contribution in [0.5, 0.6) is 0 Å². The number of hydrogen-bond donors (Lipinski definition) is 1. The van der Waals surface area contributed by atoms with E-state index >= 15 is 0 Å². The van der Waals surface area contributed by atoms with Crippen LogP contribution in [-0.4, -0.2) is 5.91 Å². The lowest BCUT2D eigenvalue weighted by atomic mass is 9.89. The van der Waals surface area contributed by atoms with E-state index in [0.29, 0.717) is 6.42 Å². The van der Waals surface area contributed by atoms with E-state index in [1.165, 1.54) is 17.7 Å². The van der Waals surface area contributed by atoms with Crippen LogP contribution < -0.4 is 5.32 Å². The van der Waals surface area contributed by atoms with Crippen molar-refractivity contribution in [3.05, 3.63) is 75.7 Å². The van der Waals surface area contributed by atoms with Crippen molar-refractivity contribution in [1.29, 1.82) is 0 Å². The molecule has 1 aliphatic heterocycles. The number of fused-ring (bicyclic) bond motifs is 1. The molecule has 4 rings (SSSR count). The molecule has 0 spiro atoms. The van der Waals surface area contributed by atoms with Gasteiger partial charge in [0.05, 0.1) is 5.69 Å². The zero-order valence-electron chi connectivity index (χ0n) is 13.2. The highest BCUT2D eigenvalue weighted by Crippen LogP contribution is 2.46. The third-order valence-electron chi connectivity index (χ3n) is 4.42. The molecule has 1 N–H and O–H groups in total. The van der Waals surface area contributed by atoms with Gasteiger partial charge in [-0.3, -0.25) is 4.79 Å². The number of hydrogen-bond acceptors (Lipinski definition) is 2. The Bertz CT molecular complexity index is 896. The van der Waals surface area contributed by atoms with E-state index in [-0.39, 0.29) is 17.6 Å². The Kier molecular flexibility index (Phi) is 3.69. The number of halogens is 1. The summed E-state index contributed by atoms with van der Waals surface area (Å²) >= 11 is 1.65. The largest absolute Gasteiger partial charge is 0.325 e. The van der Waals surface area contributed by atoms with Crippen molar-refractivity contribution in [2.75, 3.05) is 5.32 Å². The van der Waals surface area contributed by atoms with Gasteiger partial charge in [-0.05, 0) is 30.2 Å². The molecule has 0 bridgehead atoms. The number of anilines is 1. The molecular weight excluding hydrogens is 321 g/mol. The Labute approximate surface area is 144 Å². The highest BCUT2D eigenvalue weighted by molar-refractivity contribution is 7.11. The van der Waals surface area contributed by atoms with E-state index in [1.807, 2.05) is 5.38 Å². The van der Waals surface area contributed by atoms with Gasteiger partial charge in [-0.2, -0.15) is 0 Å². The fourth-order valence-electron chi connectivity index (χ4n) is 3.14. The van der Waals surface area contributed by atoms with Gasteiger partial charge in [0.25, 0.3) is 0 Å². The van der Waals surface area contributed by atoms with Crippen molar-refractivity contribution >= 4 is 22.9 Å². The maximum Gasteiger partial charge on any atom is 0.225 e. The highest BCUT2D eigenvalue weighted by atomic mass is 32.1. The molecule has 2 heterocycles. The van der Waals surface area contributed by atoms with E-state index in [4.69, 9.17) is 0 Å². The van der Waals surface area contributed by atoms with E-state index in [2.05, 4.69) is 36.5 Å². The van der Waals surface area contributed by atoms with Crippen LogP contribution in [0, 0.1) is 12.7 Å². The SMILES string of the molecule is Cc1ccc(C2CC(=O)Nc3c(-c4ccc(F)cc4)csc32)cc1. The van der Waals surface area contributed by atoms with Crippen LogP contribution >= 0.6 is 11.3 Å². The van der Waals surface area contributed by atoms with Gasteiger partial charge in [0.15, 0.2) is 0 Å². The van der Waals surface area contributed by atoms with Gasteiger partial charge in [-0.25, -0.2) is 4.39 Å². The summed E-state index contributed by atoms with van der Waals surface area (Å²) in [5.74, 6) is -0.159. The van der Waals surface area contributed by atoms with Crippen LogP contribution in [0.4, 0.5) is 10.1 Å². The number of amides is 1. The number of nitrogens with one attached hydrogen (secondary N) is 1. The smallest absolute Gasteiger partial charge is 0.225 e. The molecule has 1 aliphatic rings. The predicted octanol–water partition coefficient (Wildman–Crippen LogP) is 5.34. The summed E-state index contributed by atoms with van der Waals surface area (Å²) in [7, 11) is 0. The number of thiophene rings is 1. The lowest BCUT2D eigenvalue weighted by Gasteiger charge is -2.24. The second-order valence-electron chi connectivity index (χ2n) is 6.11. The summed E-state index contributed by atoms with van der Waals surface area (Å²) < 4.78 is 13.2. The van der Waals surface area contributed by atoms with Gasteiger partial charge in [0.1, 0.15) is 5.82 Å². The Balaban J connectivity index is 1.80. The van der Waals surface area contributed by atoms with Crippen molar-refractivity contribution in [3.63, 3.8) is 0 Å². The average Bonchev–Trinajstić information content (AvgIpc) is 2.99. The van der Waals surface area contributed by atoms with Crippen LogP contribution in [0.3, 0.4) is 0 Å². The van der Waals surface area contributed by atoms with E-state index < -0.39 is 0 Å². The normalized spacial score (nSPS) is 16.6. The Morgan fingerprint density at radius 1 is 1.08 bits per heavy atom. The summed E-state index contributed by atoms with van der Waals surface area (Å²) in [6.07, 6.45) is 0.458. The van der Waals surface area contributed by atoms with Crippen LogP contribution in [0.15, 0.2) is 53.9 Å². The maximum atomic E-state index is 13.2. The highest BCUT2D eigenvalue weighted by Gasteiger charge is 2.30. The lowest BCUT2D eigenvalue weighted by Crippen LogP contribution is -2.22. The molecule has 3 aromatic rings. The van der Waals surface area contributed by atoms with Crippen LogP contribution in [-0.2, 0) is 4.79 Å². The van der Waals surface area contributed by atoms with Gasteiger partial charge in [-0.1, -0.05) is 42.0 Å². The second kappa shape index (κ2) is 5.87. The number of aryl methyl sites for hydroxylation is 1. The van der Waals surface area contributed by atoms with Gasteiger partial charge in [0, 0.05) is 28.2 Å². The second-order valence-corrected chi connectivity index (χ2v) is 7.02. The summed E-state index contributed by atoms with van der Waals surface area (Å²) in [4.78, 5) is 13.4. The number of benzene rings is 2. The fraction of sp³-hybridized carbons (Fsp3) is 0.150. The average molecular weight is 337 g/mol. The minimum atomic E-state index is -0.260. The quantitative estimate of drug-likeness (QED) is 0.672. The topological polar surface area (TPSA) is 29.1 Å². The molecular formula is C20H16FNOS. The van der Waals surface area contributed by atoms with Gasteiger partial charge >= 0.3 is 0 Å². The van der Waals surface area contributed by atoms with Crippen molar-refractivity contribution in [2.45, 2.75) is 19.3 Å². The molecule has 4 heteroatoms. The first-order valence-corrected chi connectivity index (χ1v) is 8.73. The Morgan fingerprint density at radius 2 is 1.79 bits per heavy atom. The summed E-state index contributed by atoms with van der Waals surface area (Å²) in [6, 6.07) is 14.7. The van der Waals surface area contributed by atoms with Crippen molar-refractivity contribution < 1.29 is 9.18 Å². The molecule has 0 radical (unpaired) electrons. The van der Waals surface area contributed by atoms with E-state index in [9.17, 15) is 9.18 Å². The molecule has 1 amide bonds. The number of carbonyl (C=O) groups excluding carboxylic acids is 1. The zero-order valence-corrected chi connectivity index (χ0v) is 14.0. The maximum absolute atomic E-state index is 13.2. The third kappa shape index (κ3) is 2.63. The fourth-order valence-corrected chi connectivity index (χ4v) is 4.30. The summed E-state index contributed by atoms with van der Waals surface area (Å²) in [6.45, 7) is 2.06. The summed E-state index contributed by atoms with van der Waals surface area (Å²) in [5.41, 5.74) is 5.11. The van der Waals surface area contributed by atoms with Crippen LogP contribution in [0.1, 0.15) is 28.3 Å². The number of carbonyl (C=O) groups is 1. The molecule has 24 heavy (non-hydrogen) atoms. The van der Waals surface area contributed by atoms with E-state index in [1.54, 1.807) is 23.5 Å². The molecule has 0 aliphatic carbocycles. The predicted molar refractivity (Wildman–Crippen MR) is 96.0 cm³/mol. The van der Waals surface area contributed by atoms with Crippen molar-refractivity contribution in [2.24, 2.45) is 0 Å². The molecule has 0 saturated heterocycles. The van der Waals surface area contributed by atoms with Crippen LogP contribution in [0.2, 0.25) is 0 Å². The Hall–Kier alpha value is -2.46. The van der Waals surface area contributed by atoms with Crippen molar-refractivity contribution in [3.8, 4) is 11.1 Å². The monoisotopic (exact) mass is 337 g/mol. The zero-order chi connectivity index (χ0) is 16.7. The Morgan fingerprint density at radius 3 is 2.50 bits per heavy atom. The number of rotatable bonds is 2. The molecule has 1 aromatic heterocycles. The van der Waals surface area contributed by atoms with E-state index in [0.717, 1.165) is 27.3 Å². The first-order valence-electron chi connectivity index (χ1n) is 7.85. The molecule has 0 saturated carbocycles. The molecule has 120 valence electrons. The third-order valence-corrected chi connectivity index (χ3v) is 5.52. The minimum absolute atomic E-state index is 0.0230. The first-order chi connectivity index (χ1) is 11.6. The van der Waals surface area contributed by atoms with Gasteiger partial charge in [-0.15, -0.1) is 11.3 Å². The molecule has 0 fully saturated rings. The lowest BCUT2D eigenvalue weighted by molar-refractivity contribution is -0.116. The van der Waals surface area contributed by atoms with Crippen LogP contribution in [0.25, 0.3) is 11.1 Å². The minimum Gasteiger partial charge on any atom is -0.325 e. The molecule has 1 atom stereocenters. The standard InChI is InChI=1S/C20H16FNOS/c1-12-2-4-13(5-3-12)16-10-18(23)22-19-17(11-24-20(16)19)14-6-8-15(21)9-7-14/h2-9,11,16H,10H2,1H3,(H,22,23). The van der Waals surface area contributed by atoms with Gasteiger partial charge < -0.3 is 5.32 Å². The first kappa shape index (κ1) is 15.1. The molecule has 2 aromatic carbocycles. The molecule has 2 nitrogen and oxygen atoms in total. The van der Waals surface area contributed by atoms with Crippen molar-refractivity contribution in [1.82, 2.24) is 0 Å². The van der Waals surface area contributed by atoms with Gasteiger partial charge in [0.2, 0.25) is 5.91 Å². The summed E-state index contributed by atoms with van der Waals surface area (Å²) in [5, 5.41) is 5.06. The molecule has 1 unspecified atom stereocenters.